The van der Waals surface area contributed by atoms with Gasteiger partial charge in [-0.05, 0) is 58.1 Å². The van der Waals surface area contributed by atoms with E-state index in [0.717, 1.165) is 67.8 Å². The number of aromatic nitrogens is 2. The molecule has 0 bridgehead atoms. The number of hydrogen-bond acceptors (Lipinski definition) is 4. The van der Waals surface area contributed by atoms with Crippen LogP contribution in [0.2, 0.25) is 0 Å². The van der Waals surface area contributed by atoms with E-state index in [0.29, 0.717) is 19.6 Å². The van der Waals surface area contributed by atoms with Gasteiger partial charge in [0.15, 0.2) is 0 Å². The lowest BCUT2D eigenvalue weighted by molar-refractivity contribution is 0.112. The topological polar surface area (TPSA) is 80.5 Å². The van der Waals surface area contributed by atoms with E-state index in [2.05, 4.69) is 21.6 Å². The minimum Gasteiger partial charge on any atom is -0.376 e. The van der Waals surface area contributed by atoms with Gasteiger partial charge in [0, 0.05) is 39.3 Å². The van der Waals surface area contributed by atoms with Crippen LogP contribution in [-0.2, 0) is 17.8 Å². The summed E-state index contributed by atoms with van der Waals surface area (Å²) >= 11 is 0. The molecular weight excluding hydrogens is 382 g/mol. The third-order valence-corrected chi connectivity index (χ3v) is 6.23. The number of urea groups is 1. The Morgan fingerprint density at radius 2 is 1.77 bits per heavy atom. The summed E-state index contributed by atoms with van der Waals surface area (Å²) in [7, 11) is 0. The Bertz CT molecular complexity index is 952. The van der Waals surface area contributed by atoms with Gasteiger partial charge < -0.3 is 20.3 Å². The largest absolute Gasteiger partial charge is 0.376 e. The number of fused-ring (bicyclic) bond motifs is 1. The number of hydrogen-bond donors (Lipinski definition) is 2. The summed E-state index contributed by atoms with van der Waals surface area (Å²) in [5, 5.41) is 5.99. The molecule has 0 saturated carbocycles. The zero-order chi connectivity index (χ0) is 21.1. The average Bonchev–Trinajstić information content (AvgIpc) is 3.37. The van der Waals surface area contributed by atoms with Crippen LogP contribution in [0.3, 0.4) is 0 Å². The Kier molecular flexibility index (Phi) is 6.32. The smallest absolute Gasteiger partial charge is 0.329 e. The van der Waals surface area contributed by atoms with Crippen LogP contribution >= 0.6 is 0 Å². The standard InChI is InChI=1S/C22H33N5O3/c1-3-26-19-13-17(24-21(28)23-15-16-9-8-12-30-16)18(25-10-6-5-7-11-25)14-20(19)27(4-2)22(26)29/h13-14,16H,3-12,15H2,1-2H3,(H2,23,24,28). The van der Waals surface area contributed by atoms with Crippen LogP contribution in [0.4, 0.5) is 16.2 Å². The number of rotatable bonds is 6. The van der Waals surface area contributed by atoms with Gasteiger partial charge in [0.2, 0.25) is 0 Å². The van der Waals surface area contributed by atoms with Crippen LogP contribution < -0.4 is 21.2 Å². The summed E-state index contributed by atoms with van der Waals surface area (Å²) in [6.07, 6.45) is 5.64. The third kappa shape index (κ3) is 4.05. The zero-order valence-electron chi connectivity index (χ0n) is 18.1. The van der Waals surface area contributed by atoms with Crippen molar-refractivity contribution in [2.24, 2.45) is 0 Å². The van der Waals surface area contributed by atoms with E-state index in [1.807, 2.05) is 24.5 Å². The van der Waals surface area contributed by atoms with Crippen molar-refractivity contribution in [1.82, 2.24) is 14.5 Å². The summed E-state index contributed by atoms with van der Waals surface area (Å²) in [6, 6.07) is 3.80. The van der Waals surface area contributed by atoms with Gasteiger partial charge in [-0.3, -0.25) is 9.13 Å². The Morgan fingerprint density at radius 3 is 2.40 bits per heavy atom. The first-order valence-electron chi connectivity index (χ1n) is 11.3. The highest BCUT2D eigenvalue weighted by Crippen LogP contribution is 2.33. The van der Waals surface area contributed by atoms with Crippen molar-refractivity contribution >= 4 is 28.4 Å². The SMILES string of the molecule is CCn1c(=O)n(CC)c2cc(N3CCCCC3)c(NC(=O)NCC3CCCO3)cc21. The van der Waals surface area contributed by atoms with Crippen molar-refractivity contribution in [3.8, 4) is 0 Å². The highest BCUT2D eigenvalue weighted by atomic mass is 16.5. The highest BCUT2D eigenvalue weighted by molar-refractivity contribution is 5.98. The Hall–Kier alpha value is -2.48. The first-order valence-corrected chi connectivity index (χ1v) is 11.3. The van der Waals surface area contributed by atoms with Crippen LogP contribution in [0.15, 0.2) is 16.9 Å². The minimum atomic E-state index is -0.233. The van der Waals surface area contributed by atoms with E-state index < -0.39 is 0 Å². The normalized spacial score (nSPS) is 19.4. The van der Waals surface area contributed by atoms with E-state index >= 15 is 0 Å². The molecule has 2 amide bonds. The van der Waals surface area contributed by atoms with E-state index in [1.165, 1.54) is 6.42 Å². The molecule has 0 spiro atoms. The molecule has 0 radical (unpaired) electrons. The predicted octanol–water partition coefficient (Wildman–Crippen LogP) is 3.13. The number of ether oxygens (including phenoxy) is 1. The Balaban J connectivity index is 1.67. The van der Waals surface area contributed by atoms with Crippen LogP contribution in [0.5, 0.6) is 0 Å². The quantitative estimate of drug-likeness (QED) is 0.760. The molecule has 2 fully saturated rings. The Morgan fingerprint density at radius 1 is 1.07 bits per heavy atom. The number of benzene rings is 1. The van der Waals surface area contributed by atoms with Gasteiger partial charge in [0.1, 0.15) is 0 Å². The molecule has 2 aliphatic heterocycles. The van der Waals surface area contributed by atoms with Crippen molar-refractivity contribution < 1.29 is 9.53 Å². The molecule has 1 unspecified atom stereocenters. The number of amides is 2. The molecular formula is C22H33N5O3. The van der Waals surface area contributed by atoms with Crippen molar-refractivity contribution in [3.05, 3.63) is 22.6 Å². The molecule has 2 aliphatic rings. The molecule has 30 heavy (non-hydrogen) atoms. The maximum absolute atomic E-state index is 12.8. The molecule has 8 nitrogen and oxygen atoms in total. The van der Waals surface area contributed by atoms with Crippen molar-refractivity contribution in [2.75, 3.05) is 36.5 Å². The molecule has 8 heteroatoms. The summed E-state index contributed by atoms with van der Waals surface area (Å²) in [5.74, 6) is 0. The maximum atomic E-state index is 12.8. The number of carbonyl (C=O) groups excluding carboxylic acids is 1. The molecule has 164 valence electrons. The summed E-state index contributed by atoms with van der Waals surface area (Å²) < 4.78 is 9.18. The van der Waals surface area contributed by atoms with Gasteiger partial charge in [0.05, 0.1) is 28.5 Å². The molecule has 1 aromatic heterocycles. The Labute approximate surface area is 177 Å². The summed E-state index contributed by atoms with van der Waals surface area (Å²) in [4.78, 5) is 27.8. The number of piperidine rings is 1. The molecule has 1 atom stereocenters. The second-order valence-electron chi connectivity index (χ2n) is 8.15. The molecule has 3 heterocycles. The van der Waals surface area contributed by atoms with E-state index in [9.17, 15) is 9.59 Å². The average molecular weight is 416 g/mol. The van der Waals surface area contributed by atoms with E-state index in [4.69, 9.17) is 4.74 Å². The molecule has 4 rings (SSSR count). The summed E-state index contributed by atoms with van der Waals surface area (Å²) in [6.45, 7) is 8.39. The lowest BCUT2D eigenvalue weighted by Gasteiger charge is -2.31. The highest BCUT2D eigenvalue weighted by Gasteiger charge is 2.21. The number of aryl methyl sites for hydroxylation is 2. The maximum Gasteiger partial charge on any atom is 0.329 e. The van der Waals surface area contributed by atoms with Gasteiger partial charge >= 0.3 is 11.7 Å². The van der Waals surface area contributed by atoms with Gasteiger partial charge in [-0.25, -0.2) is 9.59 Å². The number of nitrogens with one attached hydrogen (secondary N) is 2. The first kappa shape index (κ1) is 20.8. The van der Waals surface area contributed by atoms with Crippen LogP contribution in [0, 0.1) is 0 Å². The van der Waals surface area contributed by atoms with Crippen LogP contribution in [0.25, 0.3) is 11.0 Å². The fourth-order valence-electron chi connectivity index (χ4n) is 4.64. The zero-order valence-corrected chi connectivity index (χ0v) is 18.1. The van der Waals surface area contributed by atoms with Gasteiger partial charge in [0.25, 0.3) is 0 Å². The predicted molar refractivity (Wildman–Crippen MR) is 120 cm³/mol. The first-order chi connectivity index (χ1) is 14.6. The number of imidazole rings is 1. The molecule has 0 aliphatic carbocycles. The summed E-state index contributed by atoms with van der Waals surface area (Å²) in [5.41, 5.74) is 3.53. The number of nitrogens with zero attached hydrogens (tertiary/aromatic N) is 3. The van der Waals surface area contributed by atoms with E-state index in [-0.39, 0.29) is 17.8 Å². The molecule has 2 saturated heterocycles. The van der Waals surface area contributed by atoms with Gasteiger partial charge in [-0.15, -0.1) is 0 Å². The van der Waals surface area contributed by atoms with Crippen molar-refractivity contribution in [3.63, 3.8) is 0 Å². The number of anilines is 2. The number of carbonyl (C=O) groups is 1. The molecule has 2 N–H and O–H groups in total. The van der Waals surface area contributed by atoms with Crippen LogP contribution in [-0.4, -0.2) is 47.5 Å². The van der Waals surface area contributed by atoms with Gasteiger partial charge in [-0.2, -0.15) is 0 Å². The van der Waals surface area contributed by atoms with E-state index in [1.54, 1.807) is 4.57 Å². The molecule has 2 aromatic rings. The monoisotopic (exact) mass is 415 g/mol. The fraction of sp³-hybridized carbons (Fsp3) is 0.636. The fourth-order valence-corrected chi connectivity index (χ4v) is 4.64. The van der Waals surface area contributed by atoms with Crippen LogP contribution in [0.1, 0.15) is 46.0 Å². The lowest BCUT2D eigenvalue weighted by atomic mass is 10.1. The second kappa shape index (κ2) is 9.12. The minimum absolute atomic E-state index is 0.000391. The van der Waals surface area contributed by atoms with Crippen molar-refractivity contribution in [1.29, 1.82) is 0 Å². The third-order valence-electron chi connectivity index (χ3n) is 6.23. The van der Waals surface area contributed by atoms with Crippen molar-refractivity contribution in [2.45, 2.75) is 65.1 Å². The lowest BCUT2D eigenvalue weighted by Crippen LogP contribution is -2.36. The van der Waals surface area contributed by atoms with Gasteiger partial charge in [-0.1, -0.05) is 0 Å². The second-order valence-corrected chi connectivity index (χ2v) is 8.15. The molecule has 1 aromatic carbocycles.